The predicted molar refractivity (Wildman–Crippen MR) is 135 cm³/mol. The van der Waals surface area contributed by atoms with Crippen molar-refractivity contribution in [3.8, 4) is 11.5 Å². The zero-order valence-electron chi connectivity index (χ0n) is 19.1. The third-order valence-electron chi connectivity index (χ3n) is 7.28. The van der Waals surface area contributed by atoms with E-state index < -0.39 is 0 Å². The average molecular weight is 475 g/mol. The second-order valence-corrected chi connectivity index (χ2v) is 9.05. The number of aliphatic hydroxyl groups is 1. The lowest BCUT2D eigenvalue weighted by Crippen LogP contribution is -2.40. The number of hydrogen-bond donors (Lipinski definition) is 1. The minimum Gasteiger partial charge on any atom is -0.493 e. The molecule has 0 saturated carbocycles. The van der Waals surface area contributed by atoms with Crippen molar-refractivity contribution < 1.29 is 19.0 Å². The number of halogens is 1. The molecule has 3 aromatic carbocycles. The van der Waals surface area contributed by atoms with Crippen molar-refractivity contribution in [2.75, 3.05) is 13.7 Å². The minimum absolute atomic E-state index is 0. The standard InChI is InChI=1S/C28H27FN2O3.CH4/c1-33-26-14-20-19(12-27(26)34-16-18-6-3-2-4-7-18)10-11-30-15-25-21(13-24(20)30)28-22(29)8-5-9-23(28)31(25)17-32;/h2-9,12,14,24,32H,10-11,13,15-17H2,1H3;1H4. The molecule has 1 N–H and O–H groups in total. The summed E-state index contributed by atoms with van der Waals surface area (Å²) in [6, 6.07) is 19.5. The summed E-state index contributed by atoms with van der Waals surface area (Å²) >= 11 is 0. The van der Waals surface area contributed by atoms with Gasteiger partial charge in [-0.05, 0) is 59.4 Å². The van der Waals surface area contributed by atoms with Crippen molar-refractivity contribution in [1.82, 2.24) is 9.47 Å². The van der Waals surface area contributed by atoms with Gasteiger partial charge in [-0.1, -0.05) is 43.8 Å². The Morgan fingerprint density at radius 1 is 1.06 bits per heavy atom. The maximum absolute atomic E-state index is 14.9. The van der Waals surface area contributed by atoms with Crippen LogP contribution in [0.1, 0.15) is 41.4 Å². The zero-order chi connectivity index (χ0) is 23.2. The molecule has 3 heterocycles. The second-order valence-electron chi connectivity index (χ2n) is 9.05. The summed E-state index contributed by atoms with van der Waals surface area (Å²) < 4.78 is 28.6. The van der Waals surface area contributed by atoms with Crippen molar-refractivity contribution in [2.45, 2.75) is 46.2 Å². The molecule has 1 aromatic heterocycles. The van der Waals surface area contributed by atoms with Gasteiger partial charge in [0.25, 0.3) is 0 Å². The topological polar surface area (TPSA) is 46.9 Å². The van der Waals surface area contributed by atoms with Crippen molar-refractivity contribution in [3.63, 3.8) is 0 Å². The first-order valence-corrected chi connectivity index (χ1v) is 11.7. The van der Waals surface area contributed by atoms with Crippen LogP contribution in [-0.2, 0) is 32.7 Å². The largest absolute Gasteiger partial charge is 0.493 e. The number of hydrogen-bond acceptors (Lipinski definition) is 4. The molecule has 0 radical (unpaired) electrons. The van der Waals surface area contributed by atoms with Crippen LogP contribution in [0.4, 0.5) is 4.39 Å². The van der Waals surface area contributed by atoms with Crippen LogP contribution < -0.4 is 9.47 Å². The van der Waals surface area contributed by atoms with E-state index >= 15 is 0 Å². The SMILES string of the molecule is C.COc1cc2c(cc1OCc1ccccc1)CCN1Cc3c(c4c(F)cccc4n3CO)CC21. The Hall–Kier alpha value is -3.35. The van der Waals surface area contributed by atoms with E-state index in [1.54, 1.807) is 13.2 Å². The Labute approximate surface area is 205 Å². The van der Waals surface area contributed by atoms with Gasteiger partial charge in [0, 0.05) is 30.2 Å². The molecule has 0 fully saturated rings. The number of aromatic nitrogens is 1. The summed E-state index contributed by atoms with van der Waals surface area (Å²) in [5.41, 5.74) is 6.34. The molecule has 35 heavy (non-hydrogen) atoms. The Kier molecular flexibility index (Phi) is 6.26. The monoisotopic (exact) mass is 474 g/mol. The van der Waals surface area contributed by atoms with E-state index in [9.17, 15) is 9.50 Å². The molecule has 5 nitrogen and oxygen atoms in total. The Bertz CT molecular complexity index is 1370. The fraction of sp³-hybridized carbons (Fsp3) is 0.310. The molecule has 1 unspecified atom stereocenters. The van der Waals surface area contributed by atoms with Crippen LogP contribution in [0.5, 0.6) is 11.5 Å². The number of methoxy groups -OCH3 is 1. The van der Waals surface area contributed by atoms with E-state index in [0.717, 1.165) is 41.1 Å². The van der Waals surface area contributed by atoms with E-state index in [2.05, 4.69) is 17.0 Å². The summed E-state index contributed by atoms with van der Waals surface area (Å²) in [4.78, 5) is 2.43. The van der Waals surface area contributed by atoms with Crippen LogP contribution in [0, 0.1) is 5.82 Å². The smallest absolute Gasteiger partial charge is 0.161 e. The average Bonchev–Trinajstić information content (AvgIpc) is 3.19. The molecule has 6 rings (SSSR count). The van der Waals surface area contributed by atoms with Crippen LogP contribution in [0.2, 0.25) is 0 Å². The predicted octanol–water partition coefficient (Wildman–Crippen LogP) is 5.61. The molecule has 2 aliphatic heterocycles. The Morgan fingerprint density at radius 2 is 1.89 bits per heavy atom. The van der Waals surface area contributed by atoms with E-state index in [4.69, 9.17) is 9.47 Å². The highest BCUT2D eigenvalue weighted by Gasteiger charge is 2.36. The van der Waals surface area contributed by atoms with Crippen LogP contribution in [0.25, 0.3) is 10.9 Å². The first-order chi connectivity index (χ1) is 16.7. The molecule has 2 aliphatic rings. The van der Waals surface area contributed by atoms with Gasteiger partial charge in [0.2, 0.25) is 0 Å². The normalized spacial score (nSPS) is 16.7. The second kappa shape index (κ2) is 9.36. The Balaban J connectivity index is 0.00000253. The van der Waals surface area contributed by atoms with Crippen LogP contribution in [-0.4, -0.2) is 28.2 Å². The number of aliphatic hydroxyl groups excluding tert-OH is 1. The molecule has 1 atom stereocenters. The first-order valence-electron chi connectivity index (χ1n) is 11.7. The van der Waals surface area contributed by atoms with Crippen LogP contribution >= 0.6 is 0 Å². The molecule has 0 saturated heterocycles. The molecular formula is C29H31FN2O3. The summed E-state index contributed by atoms with van der Waals surface area (Å²) in [7, 11) is 1.67. The number of ether oxygens (including phenoxy) is 2. The number of fused-ring (bicyclic) bond motifs is 6. The molecule has 6 heteroatoms. The molecule has 0 amide bonds. The molecule has 4 aromatic rings. The van der Waals surface area contributed by atoms with Crippen molar-refractivity contribution in [3.05, 3.63) is 94.4 Å². The number of rotatable bonds is 5. The highest BCUT2D eigenvalue weighted by atomic mass is 19.1. The highest BCUT2D eigenvalue weighted by molar-refractivity contribution is 5.86. The molecule has 182 valence electrons. The maximum Gasteiger partial charge on any atom is 0.161 e. The van der Waals surface area contributed by atoms with Crippen LogP contribution in [0.15, 0.2) is 60.7 Å². The van der Waals surface area contributed by atoms with Gasteiger partial charge in [0.15, 0.2) is 11.5 Å². The van der Waals surface area contributed by atoms with E-state index in [0.29, 0.717) is 30.7 Å². The summed E-state index contributed by atoms with van der Waals surface area (Å²) in [5, 5.41) is 10.7. The van der Waals surface area contributed by atoms with E-state index in [-0.39, 0.29) is 26.0 Å². The van der Waals surface area contributed by atoms with Crippen LogP contribution in [0.3, 0.4) is 0 Å². The fourth-order valence-electron chi connectivity index (χ4n) is 5.63. The molecule has 0 bridgehead atoms. The highest BCUT2D eigenvalue weighted by Crippen LogP contribution is 2.45. The lowest BCUT2D eigenvalue weighted by Gasteiger charge is -2.41. The first kappa shape index (κ1) is 23.4. The van der Waals surface area contributed by atoms with E-state index in [1.807, 2.05) is 41.0 Å². The van der Waals surface area contributed by atoms with Crippen molar-refractivity contribution in [1.29, 1.82) is 0 Å². The lowest BCUT2D eigenvalue weighted by molar-refractivity contribution is 0.145. The van der Waals surface area contributed by atoms with Gasteiger partial charge in [0.1, 0.15) is 19.2 Å². The number of benzene rings is 3. The quantitative estimate of drug-likeness (QED) is 0.409. The lowest BCUT2D eigenvalue weighted by atomic mass is 9.85. The summed E-state index contributed by atoms with van der Waals surface area (Å²) in [6.45, 7) is 1.91. The summed E-state index contributed by atoms with van der Waals surface area (Å²) in [6.07, 6.45) is 1.60. The number of nitrogens with zero attached hydrogens (tertiary/aromatic N) is 2. The summed E-state index contributed by atoms with van der Waals surface area (Å²) in [5.74, 6) is 1.23. The van der Waals surface area contributed by atoms with E-state index in [1.165, 1.54) is 17.2 Å². The van der Waals surface area contributed by atoms with Gasteiger partial charge < -0.3 is 19.1 Å². The maximum atomic E-state index is 14.9. The third-order valence-corrected chi connectivity index (χ3v) is 7.28. The van der Waals surface area contributed by atoms with Gasteiger partial charge in [-0.25, -0.2) is 4.39 Å². The molecule has 0 aliphatic carbocycles. The third kappa shape index (κ3) is 3.87. The van der Waals surface area contributed by atoms with Gasteiger partial charge >= 0.3 is 0 Å². The van der Waals surface area contributed by atoms with Crippen molar-refractivity contribution >= 4 is 10.9 Å². The minimum atomic E-state index is -0.229. The van der Waals surface area contributed by atoms with Gasteiger partial charge in [0.05, 0.1) is 12.6 Å². The Morgan fingerprint density at radius 3 is 2.66 bits per heavy atom. The molecule has 0 spiro atoms. The van der Waals surface area contributed by atoms with Gasteiger partial charge in [-0.2, -0.15) is 0 Å². The van der Waals surface area contributed by atoms with Gasteiger partial charge in [-0.15, -0.1) is 0 Å². The zero-order valence-corrected chi connectivity index (χ0v) is 19.1. The van der Waals surface area contributed by atoms with Crippen molar-refractivity contribution in [2.24, 2.45) is 0 Å². The molecular weight excluding hydrogens is 443 g/mol. The van der Waals surface area contributed by atoms with Gasteiger partial charge in [-0.3, -0.25) is 4.90 Å². The fourth-order valence-corrected chi connectivity index (χ4v) is 5.63.